The van der Waals surface area contributed by atoms with Crippen molar-refractivity contribution in [3.05, 3.63) is 30.0 Å². The zero-order valence-electron chi connectivity index (χ0n) is 13.9. The molecule has 0 unspecified atom stereocenters. The van der Waals surface area contributed by atoms with E-state index in [0.717, 1.165) is 42.7 Å². The fourth-order valence-electron chi connectivity index (χ4n) is 3.37. The molecule has 0 atom stereocenters. The van der Waals surface area contributed by atoms with Crippen LogP contribution in [0.1, 0.15) is 18.9 Å². The molecule has 1 fully saturated rings. The number of rotatable bonds is 5. The van der Waals surface area contributed by atoms with Crippen molar-refractivity contribution in [2.24, 2.45) is 5.92 Å². The van der Waals surface area contributed by atoms with E-state index in [1.165, 1.54) is 5.57 Å². The minimum absolute atomic E-state index is 0.408. The van der Waals surface area contributed by atoms with Gasteiger partial charge in [-0.15, -0.1) is 0 Å². The summed E-state index contributed by atoms with van der Waals surface area (Å²) in [4.78, 5) is 7.51. The molecule has 4 rings (SSSR count). The minimum atomic E-state index is -0.893. The molecule has 2 aliphatic rings. The molecule has 2 aromatic rings. The molecular weight excluding hydrogens is 323 g/mol. The van der Waals surface area contributed by atoms with E-state index in [1.807, 2.05) is 18.2 Å². The Morgan fingerprint density at radius 3 is 3.17 bits per heavy atom. The van der Waals surface area contributed by atoms with Gasteiger partial charge in [-0.25, -0.2) is 13.6 Å². The largest absolute Gasteiger partial charge is 0.552 e. The average Bonchev–Trinajstić information content (AvgIpc) is 2.98. The van der Waals surface area contributed by atoms with Gasteiger partial charge >= 0.3 is 7.12 Å². The van der Waals surface area contributed by atoms with Crippen molar-refractivity contribution >= 4 is 35.9 Å². The van der Waals surface area contributed by atoms with E-state index >= 15 is 0 Å². The first kappa shape index (κ1) is 16.0. The Bertz CT molecular complexity index is 775. The van der Waals surface area contributed by atoms with Crippen LogP contribution in [0.4, 0.5) is 0 Å². The quantitative estimate of drug-likeness (QED) is 0.640. The standard InChI is InChI=1S/C16H21BN4O2S/c1-3-6-20(2)24-21-9-11(10-21)13-7-17(22)23-14-8-19-16-12(15(13)14)4-5-18-16/h4-5,7-8,11,22H,3,6,9-10H2,1-2H3,(H,18,19). The normalized spacial score (nSPS) is 18.5. The third-order valence-corrected chi connectivity index (χ3v) is 5.48. The molecular formula is C16H21BN4O2S. The molecule has 2 aromatic heterocycles. The molecule has 2 aliphatic heterocycles. The number of hydrogen-bond acceptors (Lipinski definition) is 6. The Labute approximate surface area is 146 Å². The number of pyridine rings is 1. The predicted molar refractivity (Wildman–Crippen MR) is 98.2 cm³/mol. The van der Waals surface area contributed by atoms with Crippen LogP contribution in [-0.4, -0.2) is 57.4 Å². The van der Waals surface area contributed by atoms with Crippen molar-refractivity contribution in [2.75, 3.05) is 26.7 Å². The molecule has 0 radical (unpaired) electrons. The van der Waals surface area contributed by atoms with Gasteiger partial charge in [0.05, 0.1) is 6.20 Å². The molecule has 8 heteroatoms. The second-order valence-corrected chi connectivity index (χ2v) is 7.65. The maximum Gasteiger partial charge on any atom is 0.552 e. The summed E-state index contributed by atoms with van der Waals surface area (Å²) in [5.74, 6) is 2.92. The number of fused-ring (bicyclic) bond motifs is 3. The summed E-state index contributed by atoms with van der Waals surface area (Å²) in [5.41, 5.74) is 3.10. The third-order valence-electron chi connectivity index (χ3n) is 4.49. The van der Waals surface area contributed by atoms with Gasteiger partial charge in [-0.3, -0.25) is 0 Å². The van der Waals surface area contributed by atoms with Gasteiger partial charge in [-0.05, 0) is 31.1 Å². The van der Waals surface area contributed by atoms with Crippen molar-refractivity contribution in [1.82, 2.24) is 18.6 Å². The van der Waals surface area contributed by atoms with Gasteiger partial charge < -0.3 is 14.7 Å². The molecule has 24 heavy (non-hydrogen) atoms. The van der Waals surface area contributed by atoms with Crippen molar-refractivity contribution in [3.63, 3.8) is 0 Å². The Morgan fingerprint density at radius 1 is 1.54 bits per heavy atom. The van der Waals surface area contributed by atoms with Gasteiger partial charge in [0.1, 0.15) is 11.4 Å². The van der Waals surface area contributed by atoms with Crippen molar-refractivity contribution in [1.29, 1.82) is 0 Å². The van der Waals surface area contributed by atoms with Gasteiger partial charge in [0.2, 0.25) is 0 Å². The molecule has 4 heterocycles. The Balaban J connectivity index is 1.55. The molecule has 0 saturated carbocycles. The molecule has 0 spiro atoms. The van der Waals surface area contributed by atoms with E-state index in [9.17, 15) is 5.02 Å². The first-order valence-electron chi connectivity index (χ1n) is 8.32. The van der Waals surface area contributed by atoms with E-state index < -0.39 is 7.12 Å². The molecule has 2 N–H and O–H groups in total. The fourth-order valence-corrected chi connectivity index (χ4v) is 4.52. The topological polar surface area (TPSA) is 64.6 Å². The van der Waals surface area contributed by atoms with E-state index in [0.29, 0.717) is 11.7 Å². The molecule has 0 aliphatic carbocycles. The fraction of sp³-hybridized carbons (Fsp3) is 0.438. The van der Waals surface area contributed by atoms with Crippen molar-refractivity contribution in [3.8, 4) is 5.75 Å². The second-order valence-electron chi connectivity index (χ2n) is 6.34. The third kappa shape index (κ3) is 2.84. The maximum atomic E-state index is 10.0. The summed E-state index contributed by atoms with van der Waals surface area (Å²) in [6.07, 6.45) is 4.75. The van der Waals surface area contributed by atoms with E-state index in [-0.39, 0.29) is 0 Å². The Morgan fingerprint density at radius 2 is 2.38 bits per heavy atom. The van der Waals surface area contributed by atoms with Gasteiger partial charge in [0, 0.05) is 54.8 Å². The SMILES string of the molecule is CCCN(C)SN1CC(C2=CB(O)Oc3cnc4[nH]ccc4c32)C1. The highest BCUT2D eigenvalue weighted by molar-refractivity contribution is 7.94. The van der Waals surface area contributed by atoms with Crippen molar-refractivity contribution < 1.29 is 9.68 Å². The average molecular weight is 344 g/mol. The lowest BCUT2D eigenvalue weighted by atomic mass is 9.75. The van der Waals surface area contributed by atoms with Crippen LogP contribution in [0.3, 0.4) is 0 Å². The summed E-state index contributed by atoms with van der Waals surface area (Å²) in [6, 6.07) is 2.02. The van der Waals surface area contributed by atoms with Crippen LogP contribution < -0.4 is 4.65 Å². The minimum Gasteiger partial charge on any atom is -0.531 e. The first-order valence-corrected chi connectivity index (χ1v) is 9.05. The van der Waals surface area contributed by atoms with Crippen LogP contribution in [0, 0.1) is 5.92 Å². The smallest absolute Gasteiger partial charge is 0.531 e. The monoisotopic (exact) mass is 344 g/mol. The molecule has 0 bridgehead atoms. The van der Waals surface area contributed by atoms with Crippen molar-refractivity contribution in [2.45, 2.75) is 13.3 Å². The lowest BCUT2D eigenvalue weighted by molar-refractivity contribution is 0.265. The second kappa shape index (κ2) is 6.44. The number of H-pyrrole nitrogens is 1. The molecule has 1 saturated heterocycles. The zero-order chi connectivity index (χ0) is 16.7. The molecule has 0 aromatic carbocycles. The zero-order valence-corrected chi connectivity index (χ0v) is 14.7. The van der Waals surface area contributed by atoms with Gasteiger partial charge in [-0.1, -0.05) is 6.92 Å². The summed E-state index contributed by atoms with van der Waals surface area (Å²) < 4.78 is 10.2. The van der Waals surface area contributed by atoms with Crippen LogP contribution in [0.5, 0.6) is 5.75 Å². The summed E-state index contributed by atoms with van der Waals surface area (Å²) in [6.45, 7) is 5.23. The lowest BCUT2D eigenvalue weighted by Gasteiger charge is -2.42. The van der Waals surface area contributed by atoms with Crippen LogP contribution >= 0.6 is 12.1 Å². The number of aromatic nitrogens is 2. The molecule has 126 valence electrons. The number of hydrogen-bond donors (Lipinski definition) is 2. The van der Waals surface area contributed by atoms with Gasteiger partial charge in [0.15, 0.2) is 0 Å². The Kier molecular flexibility index (Phi) is 4.30. The molecule has 0 amide bonds. The number of nitrogens with one attached hydrogen (secondary N) is 1. The van der Waals surface area contributed by atoms with E-state index in [2.05, 4.69) is 32.5 Å². The summed E-state index contributed by atoms with van der Waals surface area (Å²) >= 11 is 1.79. The predicted octanol–water partition coefficient (Wildman–Crippen LogP) is 2.20. The highest BCUT2D eigenvalue weighted by Gasteiger charge is 2.37. The number of aromatic amines is 1. The van der Waals surface area contributed by atoms with Crippen LogP contribution in [0.2, 0.25) is 0 Å². The van der Waals surface area contributed by atoms with Gasteiger partial charge in [-0.2, -0.15) is 0 Å². The van der Waals surface area contributed by atoms with E-state index in [1.54, 1.807) is 18.3 Å². The maximum absolute atomic E-state index is 10.0. The Hall–Kier alpha value is -1.48. The summed E-state index contributed by atoms with van der Waals surface area (Å²) in [7, 11) is 1.23. The van der Waals surface area contributed by atoms with E-state index in [4.69, 9.17) is 4.65 Å². The summed E-state index contributed by atoms with van der Waals surface area (Å²) in [5, 5.41) is 11.1. The van der Waals surface area contributed by atoms with Gasteiger partial charge in [0.25, 0.3) is 0 Å². The van der Waals surface area contributed by atoms with Crippen LogP contribution in [0.15, 0.2) is 24.4 Å². The molecule has 6 nitrogen and oxygen atoms in total. The number of nitrogens with zero attached hydrogens (tertiary/aromatic N) is 3. The van der Waals surface area contributed by atoms with Crippen LogP contribution in [-0.2, 0) is 0 Å². The highest BCUT2D eigenvalue weighted by Crippen LogP contribution is 2.43. The van der Waals surface area contributed by atoms with Crippen LogP contribution in [0.25, 0.3) is 16.6 Å². The highest BCUT2D eigenvalue weighted by atomic mass is 32.2. The lowest BCUT2D eigenvalue weighted by Crippen LogP contribution is -2.45. The first-order chi connectivity index (χ1) is 11.7.